The van der Waals surface area contributed by atoms with Gasteiger partial charge in [-0.15, -0.1) is 10.2 Å². The van der Waals surface area contributed by atoms with Gasteiger partial charge in [0.2, 0.25) is 5.89 Å². The molecule has 1 aromatic carbocycles. The van der Waals surface area contributed by atoms with Crippen molar-refractivity contribution in [1.82, 2.24) is 15.5 Å². The highest BCUT2D eigenvalue weighted by atomic mass is 35.5. The molecule has 112 valence electrons. The Labute approximate surface area is 131 Å². The van der Waals surface area contributed by atoms with Gasteiger partial charge in [0.05, 0.1) is 0 Å². The van der Waals surface area contributed by atoms with E-state index in [1.807, 2.05) is 0 Å². The Morgan fingerprint density at radius 1 is 1.33 bits per heavy atom. The summed E-state index contributed by atoms with van der Waals surface area (Å²) in [7, 11) is 0. The van der Waals surface area contributed by atoms with E-state index in [0.29, 0.717) is 33.4 Å². The number of piperidine rings is 1. The highest BCUT2D eigenvalue weighted by Crippen LogP contribution is 2.30. The molecule has 0 bridgehead atoms. The monoisotopic (exact) mass is 327 g/mol. The summed E-state index contributed by atoms with van der Waals surface area (Å²) in [6, 6.07) is 4.67. The molecule has 1 N–H and O–H groups in total. The van der Waals surface area contributed by atoms with Gasteiger partial charge in [-0.2, -0.15) is 0 Å². The molecular weight excluding hydrogens is 313 g/mol. The van der Waals surface area contributed by atoms with Crippen LogP contribution in [0.2, 0.25) is 5.02 Å². The fourth-order valence-corrected chi connectivity index (χ4v) is 3.43. The van der Waals surface area contributed by atoms with Crippen LogP contribution in [0.4, 0.5) is 4.39 Å². The van der Waals surface area contributed by atoms with E-state index < -0.39 is 0 Å². The van der Waals surface area contributed by atoms with Gasteiger partial charge in [0, 0.05) is 22.3 Å². The van der Waals surface area contributed by atoms with E-state index >= 15 is 0 Å². The molecule has 3 rings (SSSR count). The second kappa shape index (κ2) is 6.77. The maximum Gasteiger partial charge on any atom is 0.276 e. The van der Waals surface area contributed by atoms with Crippen LogP contribution in [-0.4, -0.2) is 23.3 Å². The first-order valence-electron chi connectivity index (χ1n) is 6.84. The fraction of sp³-hybridized carbons (Fsp3) is 0.429. The van der Waals surface area contributed by atoms with Crippen LogP contribution in [0.5, 0.6) is 0 Å². The zero-order valence-corrected chi connectivity index (χ0v) is 12.9. The largest absolute Gasteiger partial charge is 0.416 e. The number of halogens is 2. The van der Waals surface area contributed by atoms with E-state index in [1.54, 1.807) is 12.1 Å². The van der Waals surface area contributed by atoms with Crippen LogP contribution in [0.15, 0.2) is 27.8 Å². The molecule has 1 saturated heterocycles. The van der Waals surface area contributed by atoms with Crippen LogP contribution in [0, 0.1) is 5.82 Å². The van der Waals surface area contributed by atoms with Crippen LogP contribution < -0.4 is 5.32 Å². The van der Waals surface area contributed by atoms with Gasteiger partial charge in [-0.05, 0) is 38.1 Å². The van der Waals surface area contributed by atoms with Crippen molar-refractivity contribution < 1.29 is 8.81 Å². The molecule has 0 amide bonds. The van der Waals surface area contributed by atoms with Crippen molar-refractivity contribution in [2.24, 2.45) is 0 Å². The highest BCUT2D eigenvalue weighted by Gasteiger charge is 2.21. The predicted octanol–water partition coefficient (Wildman–Crippen LogP) is 3.62. The number of nitrogens with one attached hydrogen (secondary N) is 1. The molecule has 0 atom stereocenters. The van der Waals surface area contributed by atoms with Crippen molar-refractivity contribution in [2.45, 2.75) is 29.7 Å². The molecule has 0 radical (unpaired) electrons. The summed E-state index contributed by atoms with van der Waals surface area (Å²) < 4.78 is 19.3. The summed E-state index contributed by atoms with van der Waals surface area (Å²) >= 11 is 7.30. The maximum atomic E-state index is 13.7. The Morgan fingerprint density at radius 2 is 2.14 bits per heavy atom. The van der Waals surface area contributed by atoms with E-state index in [9.17, 15) is 4.39 Å². The summed E-state index contributed by atoms with van der Waals surface area (Å²) in [4.78, 5) is 0. The van der Waals surface area contributed by atoms with Crippen molar-refractivity contribution in [1.29, 1.82) is 0 Å². The molecule has 7 heteroatoms. The Morgan fingerprint density at radius 3 is 2.90 bits per heavy atom. The molecular formula is C14H15ClFN3OS. The van der Waals surface area contributed by atoms with E-state index in [-0.39, 0.29) is 5.82 Å². The molecule has 1 aromatic heterocycles. The normalized spacial score (nSPS) is 16.3. The molecule has 0 aliphatic carbocycles. The molecule has 1 aliphatic heterocycles. The van der Waals surface area contributed by atoms with Gasteiger partial charge in [-0.3, -0.25) is 0 Å². The minimum absolute atomic E-state index is 0.312. The summed E-state index contributed by atoms with van der Waals surface area (Å²) in [6.45, 7) is 1.95. The standard InChI is InChI=1S/C14H15ClFN3OS/c15-11-2-1-3-12(16)10(11)8-21-14-19-18-13(20-14)9-4-6-17-7-5-9/h1-3,9,17H,4-8H2. The number of thioether (sulfide) groups is 1. The Kier molecular flexibility index (Phi) is 4.77. The van der Waals surface area contributed by atoms with Crippen LogP contribution in [0.25, 0.3) is 0 Å². The number of benzene rings is 1. The molecule has 2 aromatic rings. The zero-order valence-electron chi connectivity index (χ0n) is 11.3. The number of hydrogen-bond donors (Lipinski definition) is 1. The van der Waals surface area contributed by atoms with Gasteiger partial charge in [0.15, 0.2) is 0 Å². The maximum absolute atomic E-state index is 13.7. The van der Waals surface area contributed by atoms with Crippen molar-refractivity contribution in [3.05, 3.63) is 40.5 Å². The van der Waals surface area contributed by atoms with Gasteiger partial charge in [-0.1, -0.05) is 29.4 Å². The number of aromatic nitrogens is 2. The highest BCUT2D eigenvalue weighted by molar-refractivity contribution is 7.98. The lowest BCUT2D eigenvalue weighted by Crippen LogP contribution is -2.26. The second-order valence-corrected chi connectivity index (χ2v) is 6.25. The van der Waals surface area contributed by atoms with Gasteiger partial charge < -0.3 is 9.73 Å². The first kappa shape index (κ1) is 14.8. The topological polar surface area (TPSA) is 51.0 Å². The summed E-state index contributed by atoms with van der Waals surface area (Å²) in [5.74, 6) is 1.07. The van der Waals surface area contributed by atoms with E-state index in [4.69, 9.17) is 16.0 Å². The Balaban J connectivity index is 1.64. The van der Waals surface area contributed by atoms with Crippen molar-refractivity contribution in [2.75, 3.05) is 13.1 Å². The van der Waals surface area contributed by atoms with Gasteiger partial charge in [0.25, 0.3) is 5.22 Å². The van der Waals surface area contributed by atoms with Gasteiger partial charge >= 0.3 is 0 Å². The molecule has 21 heavy (non-hydrogen) atoms. The molecule has 0 spiro atoms. The third-order valence-electron chi connectivity index (χ3n) is 3.51. The van der Waals surface area contributed by atoms with Crippen LogP contribution in [-0.2, 0) is 5.75 Å². The average Bonchev–Trinajstić information content (AvgIpc) is 2.97. The number of rotatable bonds is 4. The Hall–Kier alpha value is -1.11. The molecule has 2 heterocycles. The van der Waals surface area contributed by atoms with Crippen molar-refractivity contribution >= 4 is 23.4 Å². The number of hydrogen-bond acceptors (Lipinski definition) is 5. The van der Waals surface area contributed by atoms with E-state index in [1.165, 1.54) is 17.8 Å². The van der Waals surface area contributed by atoms with Crippen molar-refractivity contribution in [3.63, 3.8) is 0 Å². The first-order chi connectivity index (χ1) is 10.2. The average molecular weight is 328 g/mol. The SMILES string of the molecule is Fc1cccc(Cl)c1CSc1nnc(C2CCNCC2)o1. The molecule has 0 unspecified atom stereocenters. The molecule has 1 fully saturated rings. The number of nitrogens with zero attached hydrogens (tertiary/aromatic N) is 2. The van der Waals surface area contributed by atoms with E-state index in [2.05, 4.69) is 15.5 Å². The Bertz CT molecular complexity index is 596. The zero-order chi connectivity index (χ0) is 14.7. The van der Waals surface area contributed by atoms with Crippen LogP contribution in [0.1, 0.15) is 30.2 Å². The first-order valence-corrected chi connectivity index (χ1v) is 8.20. The summed E-state index contributed by atoms with van der Waals surface area (Å²) in [6.07, 6.45) is 2.01. The third kappa shape index (κ3) is 3.56. The smallest absolute Gasteiger partial charge is 0.276 e. The van der Waals surface area contributed by atoms with E-state index in [0.717, 1.165) is 25.9 Å². The summed E-state index contributed by atoms with van der Waals surface area (Å²) in [5, 5.41) is 12.3. The van der Waals surface area contributed by atoms with Crippen LogP contribution in [0.3, 0.4) is 0 Å². The van der Waals surface area contributed by atoms with Crippen molar-refractivity contribution in [3.8, 4) is 0 Å². The fourth-order valence-electron chi connectivity index (χ4n) is 2.32. The lowest BCUT2D eigenvalue weighted by Gasteiger charge is -2.18. The minimum atomic E-state index is -0.312. The predicted molar refractivity (Wildman–Crippen MR) is 80.1 cm³/mol. The molecule has 1 aliphatic rings. The second-order valence-electron chi connectivity index (χ2n) is 4.92. The lowest BCUT2D eigenvalue weighted by molar-refractivity contribution is 0.342. The molecule has 4 nitrogen and oxygen atoms in total. The quantitative estimate of drug-likeness (QED) is 0.869. The minimum Gasteiger partial charge on any atom is -0.416 e. The van der Waals surface area contributed by atoms with Gasteiger partial charge in [0.1, 0.15) is 5.82 Å². The summed E-state index contributed by atoms with van der Waals surface area (Å²) in [5.41, 5.74) is 0.464. The third-order valence-corrected chi connectivity index (χ3v) is 4.71. The van der Waals surface area contributed by atoms with Crippen LogP contribution >= 0.6 is 23.4 Å². The molecule has 0 saturated carbocycles. The van der Waals surface area contributed by atoms with Gasteiger partial charge in [-0.25, -0.2) is 4.39 Å². The lowest BCUT2D eigenvalue weighted by atomic mass is 9.98.